The highest BCUT2D eigenvalue weighted by molar-refractivity contribution is 5.74. The number of carbonyl (C=O) groups excluding carboxylic acids is 1. The average Bonchev–Trinajstić information content (AvgIpc) is 2.22. The fraction of sp³-hybridized carbons (Fsp3) is 0.455. The van der Waals surface area contributed by atoms with Crippen LogP contribution in [-0.4, -0.2) is 26.2 Å². The number of rotatable bonds is 5. The molecule has 0 aromatic carbocycles. The van der Waals surface area contributed by atoms with Crippen LogP contribution < -0.4 is 9.88 Å². The number of hydrogen-bond acceptors (Lipinski definition) is 2. The molecule has 0 spiro atoms. The van der Waals surface area contributed by atoms with Gasteiger partial charge in [0, 0.05) is 25.8 Å². The molecule has 0 aliphatic heterocycles. The zero-order valence-electron chi connectivity index (χ0n) is 9.19. The molecule has 0 saturated heterocycles. The first kappa shape index (κ1) is 11.7. The molecule has 1 amide bonds. The number of amides is 1. The molecule has 0 unspecified atom stereocenters. The second kappa shape index (κ2) is 6.14. The van der Waals surface area contributed by atoms with E-state index in [0.717, 1.165) is 0 Å². The zero-order valence-corrected chi connectivity index (χ0v) is 9.19. The molecule has 1 heterocycles. The number of aryl methyl sites for hydroxylation is 1. The predicted octanol–water partition coefficient (Wildman–Crippen LogP) is 0.0451. The van der Waals surface area contributed by atoms with Gasteiger partial charge in [-0.1, -0.05) is 0 Å². The van der Waals surface area contributed by atoms with Crippen LogP contribution in [0, 0.1) is 6.92 Å². The Morgan fingerprint density at radius 2 is 2.13 bits per heavy atom. The second-order valence-corrected chi connectivity index (χ2v) is 3.39. The van der Waals surface area contributed by atoms with Crippen molar-refractivity contribution in [1.82, 2.24) is 5.32 Å². The van der Waals surface area contributed by atoms with Gasteiger partial charge in [0.25, 0.3) is 5.91 Å². The van der Waals surface area contributed by atoms with Gasteiger partial charge in [0.15, 0.2) is 12.4 Å². The van der Waals surface area contributed by atoms with E-state index in [0.29, 0.717) is 19.7 Å². The Labute approximate surface area is 89.9 Å². The second-order valence-electron chi connectivity index (χ2n) is 3.39. The summed E-state index contributed by atoms with van der Waals surface area (Å²) in [5.41, 5.74) is 1.19. The van der Waals surface area contributed by atoms with Crippen LogP contribution in [0.2, 0.25) is 0 Å². The Hall–Kier alpha value is -1.42. The molecule has 15 heavy (non-hydrogen) atoms. The maximum absolute atomic E-state index is 11.4. The smallest absolute Gasteiger partial charge is 0.286 e. The van der Waals surface area contributed by atoms with Gasteiger partial charge >= 0.3 is 0 Å². The minimum absolute atomic E-state index is 0.000836. The van der Waals surface area contributed by atoms with Crippen molar-refractivity contribution in [1.29, 1.82) is 0 Å². The third-order valence-electron chi connectivity index (χ3n) is 2.01. The van der Waals surface area contributed by atoms with E-state index in [2.05, 4.69) is 5.32 Å². The van der Waals surface area contributed by atoms with Crippen molar-refractivity contribution in [3.05, 3.63) is 30.1 Å². The number of nitrogens with one attached hydrogen (secondary N) is 1. The first-order valence-electron chi connectivity index (χ1n) is 4.93. The Morgan fingerprint density at radius 3 is 2.73 bits per heavy atom. The molecule has 1 N–H and O–H groups in total. The van der Waals surface area contributed by atoms with Crippen LogP contribution in [0.15, 0.2) is 24.5 Å². The van der Waals surface area contributed by atoms with Gasteiger partial charge in [-0.15, -0.1) is 0 Å². The molecule has 1 aromatic rings. The summed E-state index contributed by atoms with van der Waals surface area (Å²) in [6.07, 6.45) is 3.79. The van der Waals surface area contributed by atoms with Crippen molar-refractivity contribution in [3.8, 4) is 0 Å². The molecule has 0 radical (unpaired) electrons. The first-order chi connectivity index (χ1) is 7.22. The van der Waals surface area contributed by atoms with Gasteiger partial charge < -0.3 is 10.1 Å². The third kappa shape index (κ3) is 4.56. The van der Waals surface area contributed by atoms with Gasteiger partial charge in [-0.3, -0.25) is 4.79 Å². The van der Waals surface area contributed by atoms with E-state index < -0.39 is 0 Å². The van der Waals surface area contributed by atoms with E-state index in [1.165, 1.54) is 5.56 Å². The number of methoxy groups -OCH3 is 1. The minimum atomic E-state index is 0.000836. The van der Waals surface area contributed by atoms with E-state index in [1.54, 1.807) is 7.11 Å². The SMILES string of the molecule is COCCNC(=O)C[n+]1ccc(C)cc1. The van der Waals surface area contributed by atoms with E-state index in [-0.39, 0.29) is 5.91 Å². The molecule has 4 heteroatoms. The summed E-state index contributed by atoms with van der Waals surface area (Å²) in [4.78, 5) is 11.4. The molecule has 0 bridgehead atoms. The van der Waals surface area contributed by atoms with E-state index in [4.69, 9.17) is 4.74 Å². The zero-order chi connectivity index (χ0) is 11.1. The normalized spacial score (nSPS) is 10.0. The molecule has 82 valence electrons. The van der Waals surface area contributed by atoms with Crippen molar-refractivity contribution in [2.45, 2.75) is 13.5 Å². The van der Waals surface area contributed by atoms with Gasteiger partial charge in [-0.25, -0.2) is 0 Å². The van der Waals surface area contributed by atoms with E-state index >= 15 is 0 Å². The third-order valence-corrected chi connectivity index (χ3v) is 2.01. The maximum atomic E-state index is 11.4. The highest BCUT2D eigenvalue weighted by Gasteiger charge is 2.07. The lowest BCUT2D eigenvalue weighted by molar-refractivity contribution is -0.684. The molecule has 4 nitrogen and oxygen atoms in total. The molecule has 1 rings (SSSR count). The molecule has 0 saturated carbocycles. The van der Waals surface area contributed by atoms with Crippen LogP contribution in [0.25, 0.3) is 0 Å². The van der Waals surface area contributed by atoms with E-state index in [1.807, 2.05) is 36.0 Å². The molecule has 0 aliphatic carbocycles. The van der Waals surface area contributed by atoms with Gasteiger partial charge in [0.1, 0.15) is 0 Å². The highest BCUT2D eigenvalue weighted by atomic mass is 16.5. The van der Waals surface area contributed by atoms with Gasteiger partial charge in [0.2, 0.25) is 6.54 Å². The summed E-state index contributed by atoms with van der Waals surface area (Å²) in [5.74, 6) is 0.000836. The lowest BCUT2D eigenvalue weighted by Crippen LogP contribution is -2.43. The summed E-state index contributed by atoms with van der Waals surface area (Å²) in [5, 5.41) is 2.76. The van der Waals surface area contributed by atoms with Crippen LogP contribution in [0.3, 0.4) is 0 Å². The van der Waals surface area contributed by atoms with Crippen molar-refractivity contribution in [2.24, 2.45) is 0 Å². The number of pyridine rings is 1. The van der Waals surface area contributed by atoms with Crippen molar-refractivity contribution < 1.29 is 14.1 Å². The standard InChI is InChI=1S/C11H16N2O2/c1-10-3-6-13(7-4-10)9-11(14)12-5-8-15-2/h3-4,6-7H,5,8-9H2,1-2H3/p+1. The fourth-order valence-electron chi connectivity index (χ4n) is 1.15. The highest BCUT2D eigenvalue weighted by Crippen LogP contribution is 1.89. The number of ether oxygens (including phenoxy) is 1. The Bertz CT molecular complexity index is 309. The monoisotopic (exact) mass is 209 g/mol. The molecule has 0 aliphatic rings. The largest absolute Gasteiger partial charge is 0.383 e. The van der Waals surface area contributed by atoms with Crippen LogP contribution in [0.4, 0.5) is 0 Å². The Balaban J connectivity index is 2.34. The first-order valence-corrected chi connectivity index (χ1v) is 4.93. The van der Waals surface area contributed by atoms with Gasteiger partial charge in [-0.05, 0) is 12.5 Å². The lowest BCUT2D eigenvalue weighted by Gasteiger charge is -2.01. The summed E-state index contributed by atoms with van der Waals surface area (Å²) < 4.78 is 6.68. The van der Waals surface area contributed by atoms with Crippen molar-refractivity contribution in [2.75, 3.05) is 20.3 Å². The van der Waals surface area contributed by atoms with E-state index in [9.17, 15) is 4.79 Å². The quantitative estimate of drug-likeness (QED) is 0.550. The summed E-state index contributed by atoms with van der Waals surface area (Å²) in [6.45, 7) is 3.47. The minimum Gasteiger partial charge on any atom is -0.383 e. The summed E-state index contributed by atoms with van der Waals surface area (Å²) in [7, 11) is 1.61. The number of hydrogen-bond donors (Lipinski definition) is 1. The molecule has 0 atom stereocenters. The average molecular weight is 209 g/mol. The Morgan fingerprint density at radius 1 is 1.47 bits per heavy atom. The van der Waals surface area contributed by atoms with Gasteiger partial charge in [-0.2, -0.15) is 4.57 Å². The topological polar surface area (TPSA) is 42.2 Å². The van der Waals surface area contributed by atoms with Crippen LogP contribution in [0.1, 0.15) is 5.56 Å². The summed E-state index contributed by atoms with van der Waals surface area (Å²) >= 11 is 0. The van der Waals surface area contributed by atoms with Crippen molar-refractivity contribution >= 4 is 5.91 Å². The fourth-order valence-corrected chi connectivity index (χ4v) is 1.15. The molecular formula is C11H17N2O2+. The van der Waals surface area contributed by atoms with Crippen LogP contribution >= 0.6 is 0 Å². The van der Waals surface area contributed by atoms with Crippen LogP contribution in [-0.2, 0) is 16.1 Å². The lowest BCUT2D eigenvalue weighted by atomic mass is 10.3. The maximum Gasteiger partial charge on any atom is 0.286 e. The number of aromatic nitrogens is 1. The van der Waals surface area contributed by atoms with Crippen molar-refractivity contribution in [3.63, 3.8) is 0 Å². The number of carbonyl (C=O) groups is 1. The molecular weight excluding hydrogens is 192 g/mol. The predicted molar refractivity (Wildman–Crippen MR) is 56.3 cm³/mol. The van der Waals surface area contributed by atoms with Crippen LogP contribution in [0.5, 0.6) is 0 Å². The Kier molecular flexibility index (Phi) is 4.77. The number of nitrogens with zero attached hydrogens (tertiary/aromatic N) is 1. The summed E-state index contributed by atoms with van der Waals surface area (Å²) in [6, 6.07) is 3.95. The van der Waals surface area contributed by atoms with Gasteiger partial charge in [0.05, 0.1) is 6.61 Å². The molecule has 0 fully saturated rings. The molecule has 1 aromatic heterocycles.